The van der Waals surface area contributed by atoms with Crippen LogP contribution in [0.3, 0.4) is 0 Å². The van der Waals surface area contributed by atoms with E-state index in [0.29, 0.717) is 73.4 Å². The topological polar surface area (TPSA) is 289 Å². The number of phenols is 2. The van der Waals surface area contributed by atoms with Crippen molar-refractivity contribution in [2.24, 2.45) is 5.92 Å². The van der Waals surface area contributed by atoms with Crippen LogP contribution in [-0.4, -0.2) is 129 Å². The molecule has 2 fully saturated rings. The van der Waals surface area contributed by atoms with E-state index in [-0.39, 0.29) is 95.7 Å². The molecule has 0 aliphatic carbocycles. The highest BCUT2D eigenvalue weighted by Crippen LogP contribution is 2.41. The van der Waals surface area contributed by atoms with E-state index in [1.54, 1.807) is 54.6 Å². The second kappa shape index (κ2) is 21.0. The Balaban J connectivity index is 0.806. The van der Waals surface area contributed by atoms with Crippen LogP contribution in [0.2, 0.25) is 0 Å². The molecular formula is C55H63N9O12S. The highest BCUT2D eigenvalue weighted by Gasteiger charge is 2.46. The Hall–Kier alpha value is -7.69. The molecule has 22 heteroatoms. The lowest BCUT2D eigenvalue weighted by Gasteiger charge is -2.39. The fraction of sp³-hybridized carbons (Fsp3) is 0.418. The molecule has 21 nitrogen and oxygen atoms in total. The number of aromatic hydroxyl groups is 2. The van der Waals surface area contributed by atoms with E-state index in [1.165, 1.54) is 39.5 Å². The molecule has 0 bridgehead atoms. The number of likely N-dealkylation sites (N-methyl/N-ethyl adjacent to an activating group) is 1. The Labute approximate surface area is 445 Å². The largest absolute Gasteiger partial charge is 0.508 e. The first-order chi connectivity index (χ1) is 36.6. The van der Waals surface area contributed by atoms with Gasteiger partial charge < -0.3 is 44.5 Å². The monoisotopic (exact) mass is 1070 g/mol. The van der Waals surface area contributed by atoms with Gasteiger partial charge in [0, 0.05) is 80.0 Å². The summed E-state index contributed by atoms with van der Waals surface area (Å²) in [6.07, 6.45) is 1.64. The zero-order chi connectivity index (χ0) is 55.4. The summed E-state index contributed by atoms with van der Waals surface area (Å²) in [5.74, 6) is -3.69. The molecule has 9 rings (SSSR count). The number of fused-ring (bicyclic) bond motifs is 5. The quantitative estimate of drug-likeness (QED) is 0.0520. The second-order valence-corrected chi connectivity index (χ2v) is 22.2. The predicted octanol–water partition coefficient (Wildman–Crippen LogP) is 5.64. The van der Waals surface area contributed by atoms with Gasteiger partial charge in [0.05, 0.1) is 39.5 Å². The summed E-state index contributed by atoms with van der Waals surface area (Å²) < 4.78 is 42.0. The van der Waals surface area contributed by atoms with Gasteiger partial charge >= 0.3 is 12.1 Å². The summed E-state index contributed by atoms with van der Waals surface area (Å²) in [4.78, 5) is 76.0. The number of amidine groups is 2. The highest BCUT2D eigenvalue weighted by molar-refractivity contribution is 7.89. The van der Waals surface area contributed by atoms with E-state index in [0.717, 1.165) is 27.5 Å². The van der Waals surface area contributed by atoms with Gasteiger partial charge in [-0.2, -0.15) is 4.31 Å². The first kappa shape index (κ1) is 54.1. The summed E-state index contributed by atoms with van der Waals surface area (Å²) in [6, 6.07) is 14.5. The second-order valence-electron chi connectivity index (χ2n) is 20.2. The number of sulfonamides is 1. The van der Waals surface area contributed by atoms with E-state index < -0.39 is 56.9 Å². The molecule has 77 heavy (non-hydrogen) atoms. The first-order valence-electron chi connectivity index (χ1n) is 25.9. The molecule has 2 saturated heterocycles. The van der Waals surface area contributed by atoms with Crippen molar-refractivity contribution in [3.8, 4) is 28.6 Å². The van der Waals surface area contributed by atoms with E-state index in [1.807, 2.05) is 20.8 Å². The van der Waals surface area contributed by atoms with Crippen LogP contribution in [0.4, 0.5) is 10.5 Å². The molecular weight excluding hydrogens is 1010 g/mol. The van der Waals surface area contributed by atoms with Crippen LogP contribution in [0.15, 0.2) is 70.4 Å². The van der Waals surface area contributed by atoms with Crippen molar-refractivity contribution >= 4 is 62.2 Å². The first-order valence-corrected chi connectivity index (χ1v) is 27.3. The molecule has 6 heterocycles. The Bertz CT molecular complexity index is 3440. The van der Waals surface area contributed by atoms with E-state index in [9.17, 15) is 47.7 Å². The standard InChI is InChI=1S/C55H63N9O12S/c1-7-36-38-24-34(12-15-43(38)59-47-40(36)28-63-44(47)26-42-41(52(63)69)29-75-53(70)55(42,72)8-2)76-54(71)60(6)32-18-20-61(21-19-32)51(68)31-16-22-62(23-17-31)77(73,74)35-13-10-33(11-14-35)64(49(57)50(67)58-9-3)48(56)39-25-37(30(4)5)45(65)27-46(39)66/h10-15,24-27,30-32,56-57,65-66,72H,7-9,16-23,28-29H2,1-6H3,(H,58,67). The third kappa shape index (κ3) is 9.66. The van der Waals surface area contributed by atoms with Gasteiger partial charge in [-0.1, -0.05) is 27.7 Å². The number of nitrogens with one attached hydrogen (secondary N) is 3. The van der Waals surface area contributed by atoms with Gasteiger partial charge in [0.25, 0.3) is 11.5 Å². The number of esters is 1. The predicted molar refractivity (Wildman–Crippen MR) is 285 cm³/mol. The maximum absolute atomic E-state index is 14.0. The lowest BCUT2D eigenvalue weighted by molar-refractivity contribution is -0.172. The fourth-order valence-corrected chi connectivity index (χ4v) is 12.5. The minimum Gasteiger partial charge on any atom is -0.508 e. The normalized spacial score (nSPS) is 17.8. The number of aliphatic hydroxyl groups is 1. The molecule has 4 aliphatic rings. The van der Waals surface area contributed by atoms with Crippen molar-refractivity contribution < 1.29 is 52.4 Å². The molecule has 2 aromatic heterocycles. The number of ether oxygens (including phenoxy) is 2. The smallest absolute Gasteiger partial charge is 0.415 e. The number of nitrogens with zero attached hydrogens (tertiary/aromatic N) is 6. The Kier molecular flexibility index (Phi) is 14.8. The van der Waals surface area contributed by atoms with Gasteiger partial charge in [-0.05, 0) is 117 Å². The van der Waals surface area contributed by atoms with Gasteiger partial charge in [-0.25, -0.2) is 23.0 Å². The number of carbonyl (C=O) groups is 4. The molecule has 0 saturated carbocycles. The SMILES string of the molecule is CCNC(=O)C(=N)N(C(=N)c1cc(C(C)C)c(O)cc1O)c1ccc(S(=O)(=O)N2CCC(C(=O)N3CCC(N(C)C(=O)Oc4ccc5nc6c(c(CC)c5c4)Cn4c-6cc5c(c4=O)COC(=O)C5(O)CC)CC3)CC2)cc1. The summed E-state index contributed by atoms with van der Waals surface area (Å²) >= 11 is 0. The molecule has 5 aromatic rings. The van der Waals surface area contributed by atoms with Crippen LogP contribution in [0.25, 0.3) is 22.3 Å². The van der Waals surface area contributed by atoms with Gasteiger partial charge in [-0.15, -0.1) is 0 Å². The van der Waals surface area contributed by atoms with Crippen molar-refractivity contribution in [3.63, 3.8) is 0 Å². The number of piperidine rings is 2. The summed E-state index contributed by atoms with van der Waals surface area (Å²) in [5.41, 5.74) is 2.11. The molecule has 3 amide bonds. The maximum atomic E-state index is 14.0. The number of amides is 3. The average Bonchev–Trinajstić information content (AvgIpc) is 3.87. The van der Waals surface area contributed by atoms with Crippen molar-refractivity contribution in [2.45, 2.75) is 109 Å². The number of likely N-dealkylation sites (tertiary alicyclic amines) is 1. The Morgan fingerprint density at radius 3 is 2.25 bits per heavy atom. The molecule has 3 aromatic carbocycles. The minimum atomic E-state index is -4.05. The molecule has 406 valence electrons. The lowest BCUT2D eigenvalue weighted by Crippen LogP contribution is -2.50. The van der Waals surface area contributed by atoms with Crippen LogP contribution in [0, 0.1) is 16.7 Å². The highest BCUT2D eigenvalue weighted by atomic mass is 32.2. The molecule has 0 spiro atoms. The number of hydrogen-bond acceptors (Lipinski definition) is 15. The third-order valence-electron chi connectivity index (χ3n) is 15.5. The molecule has 6 N–H and O–H groups in total. The van der Waals surface area contributed by atoms with Crippen molar-refractivity contribution in [1.29, 1.82) is 10.8 Å². The molecule has 4 aliphatic heterocycles. The molecule has 1 atom stereocenters. The fourth-order valence-electron chi connectivity index (χ4n) is 11.0. The van der Waals surface area contributed by atoms with E-state index >= 15 is 0 Å². The van der Waals surface area contributed by atoms with Crippen LogP contribution in [0.5, 0.6) is 17.2 Å². The zero-order valence-electron chi connectivity index (χ0n) is 43.8. The van der Waals surface area contributed by atoms with Crippen LogP contribution >= 0.6 is 0 Å². The van der Waals surface area contributed by atoms with Gasteiger partial charge in [0.15, 0.2) is 11.4 Å². The van der Waals surface area contributed by atoms with E-state index in [2.05, 4.69) is 5.32 Å². The minimum absolute atomic E-state index is 0.0332. The number of benzene rings is 3. The van der Waals surface area contributed by atoms with Crippen LogP contribution in [0.1, 0.15) is 106 Å². The number of rotatable bonds is 11. The van der Waals surface area contributed by atoms with Crippen LogP contribution < -0.4 is 20.5 Å². The zero-order valence-corrected chi connectivity index (χ0v) is 44.6. The number of aryl methyl sites for hydroxylation is 1. The van der Waals surface area contributed by atoms with Crippen LogP contribution in [-0.2, 0) is 54.3 Å². The molecule has 0 radical (unpaired) electrons. The Morgan fingerprint density at radius 2 is 1.61 bits per heavy atom. The van der Waals surface area contributed by atoms with Gasteiger partial charge in [0.1, 0.15) is 29.7 Å². The van der Waals surface area contributed by atoms with Gasteiger partial charge in [0.2, 0.25) is 15.9 Å². The number of hydrogen-bond donors (Lipinski definition) is 6. The van der Waals surface area contributed by atoms with Crippen molar-refractivity contribution in [3.05, 3.63) is 104 Å². The summed E-state index contributed by atoms with van der Waals surface area (Å²) in [5, 5.41) is 53.5. The number of aromatic nitrogens is 2. The van der Waals surface area contributed by atoms with E-state index in [4.69, 9.17) is 25.3 Å². The lowest BCUT2D eigenvalue weighted by atomic mass is 9.86. The number of cyclic esters (lactones) is 1. The Morgan fingerprint density at radius 1 is 0.922 bits per heavy atom. The van der Waals surface area contributed by atoms with Crippen molar-refractivity contribution in [1.82, 2.24) is 29.0 Å². The van der Waals surface area contributed by atoms with Crippen molar-refractivity contribution in [2.75, 3.05) is 44.7 Å². The number of carbonyl (C=O) groups excluding carboxylic acids is 4. The maximum Gasteiger partial charge on any atom is 0.415 e. The third-order valence-corrected chi connectivity index (χ3v) is 17.4. The molecule has 1 unspecified atom stereocenters. The summed E-state index contributed by atoms with van der Waals surface area (Å²) in [6.45, 7) is 10.1. The average molecular weight is 1070 g/mol. The number of pyridine rings is 2. The number of anilines is 1. The summed E-state index contributed by atoms with van der Waals surface area (Å²) in [7, 11) is -2.39. The van der Waals surface area contributed by atoms with Gasteiger partial charge in [-0.3, -0.25) is 30.1 Å². The number of phenolic OH excluding ortho intramolecular Hbond substituents is 2.